The molecule has 46 valence electrons. The number of nitrogens with zero attached hydrogens (tertiary/aromatic N) is 1. The molecule has 0 aliphatic heterocycles. The summed E-state index contributed by atoms with van der Waals surface area (Å²) >= 11 is 0. The number of rotatable bonds is 3. The van der Waals surface area contributed by atoms with Crippen molar-refractivity contribution in [1.29, 1.82) is 0 Å². The highest BCUT2D eigenvalue weighted by Gasteiger charge is 1.88. The Morgan fingerprint density at radius 2 is 2.62 bits per heavy atom. The van der Waals surface area contributed by atoms with E-state index in [0.29, 0.717) is 12.3 Å². The van der Waals surface area contributed by atoms with Crippen LogP contribution in [0.25, 0.3) is 0 Å². The van der Waals surface area contributed by atoms with E-state index in [2.05, 4.69) is 16.5 Å². The highest BCUT2D eigenvalue weighted by molar-refractivity contribution is 5.94. The third kappa shape index (κ3) is 2.36. The minimum atomic E-state index is 0.306. The molecule has 0 amide bonds. The van der Waals surface area contributed by atoms with Gasteiger partial charge in [-0.1, -0.05) is 11.7 Å². The SMILES string of the molecule is C=C/C(COC)=N/O. The van der Waals surface area contributed by atoms with Crippen LogP contribution >= 0.6 is 0 Å². The first-order valence-corrected chi connectivity index (χ1v) is 2.17. The second-order valence-electron chi connectivity index (χ2n) is 1.23. The molecule has 0 rings (SSSR count). The van der Waals surface area contributed by atoms with Crippen LogP contribution in [0.2, 0.25) is 0 Å². The molecule has 0 heterocycles. The molecule has 3 nitrogen and oxygen atoms in total. The van der Waals surface area contributed by atoms with Crippen molar-refractivity contribution >= 4 is 5.71 Å². The minimum absolute atomic E-state index is 0.306. The second-order valence-corrected chi connectivity index (χ2v) is 1.23. The molecule has 0 unspecified atom stereocenters. The zero-order valence-electron chi connectivity index (χ0n) is 4.79. The van der Waals surface area contributed by atoms with Gasteiger partial charge in [0.05, 0.1) is 6.61 Å². The van der Waals surface area contributed by atoms with Crippen LogP contribution in [0.1, 0.15) is 0 Å². The van der Waals surface area contributed by atoms with Gasteiger partial charge in [0.15, 0.2) is 0 Å². The van der Waals surface area contributed by atoms with Crippen LogP contribution < -0.4 is 0 Å². The Morgan fingerprint density at radius 1 is 2.00 bits per heavy atom. The van der Waals surface area contributed by atoms with Crippen molar-refractivity contribution in [2.24, 2.45) is 5.16 Å². The monoisotopic (exact) mass is 115 g/mol. The lowest BCUT2D eigenvalue weighted by Gasteiger charge is -1.92. The van der Waals surface area contributed by atoms with Gasteiger partial charge in [0.25, 0.3) is 0 Å². The van der Waals surface area contributed by atoms with Crippen LogP contribution in [0.15, 0.2) is 17.8 Å². The van der Waals surface area contributed by atoms with Crippen molar-refractivity contribution in [1.82, 2.24) is 0 Å². The highest BCUT2D eigenvalue weighted by atomic mass is 16.5. The maximum atomic E-state index is 8.09. The Labute approximate surface area is 48.3 Å². The lowest BCUT2D eigenvalue weighted by atomic mass is 10.4. The maximum Gasteiger partial charge on any atom is 0.105 e. The van der Waals surface area contributed by atoms with E-state index in [1.807, 2.05) is 0 Å². The van der Waals surface area contributed by atoms with E-state index >= 15 is 0 Å². The molecule has 0 saturated heterocycles. The van der Waals surface area contributed by atoms with Crippen LogP contribution in [-0.2, 0) is 4.74 Å². The summed E-state index contributed by atoms with van der Waals surface area (Å²) in [7, 11) is 1.52. The van der Waals surface area contributed by atoms with Crippen molar-refractivity contribution in [3.63, 3.8) is 0 Å². The molecule has 0 spiro atoms. The lowest BCUT2D eigenvalue weighted by Crippen LogP contribution is -2.01. The predicted octanol–water partition coefficient (Wildman–Crippen LogP) is 0.649. The molecule has 0 saturated carbocycles. The zero-order valence-corrected chi connectivity index (χ0v) is 4.79. The summed E-state index contributed by atoms with van der Waals surface area (Å²) in [5.74, 6) is 0. The van der Waals surface area contributed by atoms with Crippen LogP contribution in [0.5, 0.6) is 0 Å². The molecule has 3 heteroatoms. The average molecular weight is 115 g/mol. The van der Waals surface area contributed by atoms with Gasteiger partial charge < -0.3 is 9.94 Å². The molecule has 0 radical (unpaired) electrons. The molecular weight excluding hydrogens is 106 g/mol. The smallest absolute Gasteiger partial charge is 0.105 e. The van der Waals surface area contributed by atoms with E-state index < -0.39 is 0 Å². The molecule has 0 atom stereocenters. The van der Waals surface area contributed by atoms with Gasteiger partial charge in [-0.25, -0.2) is 0 Å². The molecule has 0 aromatic heterocycles. The molecule has 0 aliphatic rings. The van der Waals surface area contributed by atoms with E-state index in [9.17, 15) is 0 Å². The van der Waals surface area contributed by atoms with Crippen LogP contribution in [0.4, 0.5) is 0 Å². The minimum Gasteiger partial charge on any atom is -0.411 e. The maximum absolute atomic E-state index is 8.09. The molecule has 8 heavy (non-hydrogen) atoms. The largest absolute Gasteiger partial charge is 0.411 e. The Bertz CT molecular complexity index is 98.6. The number of ether oxygens (including phenoxy) is 1. The molecule has 0 fully saturated rings. The van der Waals surface area contributed by atoms with E-state index in [-0.39, 0.29) is 0 Å². The quantitative estimate of drug-likeness (QED) is 0.333. The number of methoxy groups -OCH3 is 1. The Hall–Kier alpha value is -0.830. The van der Waals surface area contributed by atoms with Gasteiger partial charge in [-0.05, 0) is 6.08 Å². The summed E-state index contributed by atoms with van der Waals surface area (Å²) in [4.78, 5) is 0. The molecule has 1 N–H and O–H groups in total. The lowest BCUT2D eigenvalue weighted by molar-refractivity contribution is 0.238. The summed E-state index contributed by atoms with van der Waals surface area (Å²) in [6, 6.07) is 0. The summed E-state index contributed by atoms with van der Waals surface area (Å²) in [5.41, 5.74) is 0.438. The summed E-state index contributed by atoms with van der Waals surface area (Å²) in [6.45, 7) is 3.69. The summed E-state index contributed by atoms with van der Waals surface area (Å²) in [5, 5.41) is 11.0. The van der Waals surface area contributed by atoms with Gasteiger partial charge in [0.1, 0.15) is 5.71 Å². The van der Waals surface area contributed by atoms with Crippen molar-refractivity contribution in [2.75, 3.05) is 13.7 Å². The zero-order chi connectivity index (χ0) is 6.41. The Morgan fingerprint density at radius 3 is 2.75 bits per heavy atom. The van der Waals surface area contributed by atoms with Crippen molar-refractivity contribution in [2.45, 2.75) is 0 Å². The van der Waals surface area contributed by atoms with Gasteiger partial charge in [0.2, 0.25) is 0 Å². The summed E-state index contributed by atoms with van der Waals surface area (Å²) < 4.78 is 4.62. The van der Waals surface area contributed by atoms with Gasteiger partial charge in [-0.2, -0.15) is 0 Å². The third-order valence-electron chi connectivity index (χ3n) is 0.656. The molecule has 0 aromatic carbocycles. The topological polar surface area (TPSA) is 41.8 Å². The fourth-order valence-electron chi connectivity index (χ4n) is 0.277. The van der Waals surface area contributed by atoms with Gasteiger partial charge in [-0.15, -0.1) is 0 Å². The first-order chi connectivity index (χ1) is 3.85. The Kier molecular flexibility index (Phi) is 3.88. The summed E-state index contributed by atoms with van der Waals surface area (Å²) in [6.07, 6.45) is 1.43. The van der Waals surface area contributed by atoms with Gasteiger partial charge in [0, 0.05) is 7.11 Å². The number of oxime groups is 1. The van der Waals surface area contributed by atoms with E-state index in [0.717, 1.165) is 0 Å². The Balaban J connectivity index is 3.54. The van der Waals surface area contributed by atoms with Crippen molar-refractivity contribution in [3.8, 4) is 0 Å². The molecular formula is C5H9NO2. The standard InChI is InChI=1S/C5H9NO2/c1-3-5(6-7)4-8-2/h3,7H,1,4H2,2H3/b6-5-. The average Bonchev–Trinajstić information content (AvgIpc) is 1.83. The molecule has 0 aromatic rings. The molecule has 0 bridgehead atoms. The van der Waals surface area contributed by atoms with E-state index in [4.69, 9.17) is 5.21 Å². The van der Waals surface area contributed by atoms with Crippen LogP contribution in [0, 0.1) is 0 Å². The molecule has 0 aliphatic carbocycles. The second kappa shape index (κ2) is 4.33. The van der Waals surface area contributed by atoms with E-state index in [1.165, 1.54) is 13.2 Å². The van der Waals surface area contributed by atoms with E-state index in [1.54, 1.807) is 0 Å². The predicted molar refractivity (Wildman–Crippen MR) is 31.3 cm³/mol. The van der Waals surface area contributed by atoms with Gasteiger partial charge in [-0.3, -0.25) is 0 Å². The van der Waals surface area contributed by atoms with Crippen molar-refractivity contribution in [3.05, 3.63) is 12.7 Å². The normalized spacial score (nSPS) is 11.4. The van der Waals surface area contributed by atoms with Gasteiger partial charge >= 0.3 is 0 Å². The number of hydrogen-bond acceptors (Lipinski definition) is 3. The highest BCUT2D eigenvalue weighted by Crippen LogP contribution is 1.77. The first-order valence-electron chi connectivity index (χ1n) is 2.17. The van der Waals surface area contributed by atoms with Crippen LogP contribution in [-0.4, -0.2) is 24.6 Å². The third-order valence-corrected chi connectivity index (χ3v) is 0.656. The fourth-order valence-corrected chi connectivity index (χ4v) is 0.277. The fraction of sp³-hybridized carbons (Fsp3) is 0.400. The van der Waals surface area contributed by atoms with Crippen LogP contribution in [0.3, 0.4) is 0 Å². The van der Waals surface area contributed by atoms with Crippen molar-refractivity contribution < 1.29 is 9.94 Å². The first kappa shape index (κ1) is 7.17. The number of hydrogen-bond donors (Lipinski definition) is 1.